The van der Waals surface area contributed by atoms with Crippen LogP contribution in [0.25, 0.3) is 0 Å². The molecular formula is C39H38Br2N4O6. The number of rotatable bonds is 8. The van der Waals surface area contributed by atoms with Gasteiger partial charge >= 0.3 is 0 Å². The van der Waals surface area contributed by atoms with Crippen molar-refractivity contribution < 1.29 is 28.5 Å². The predicted octanol–water partition coefficient (Wildman–Crippen LogP) is 7.96. The van der Waals surface area contributed by atoms with Gasteiger partial charge in [0.2, 0.25) is 11.8 Å². The molecular weight excluding hydrogens is 780 g/mol. The van der Waals surface area contributed by atoms with Crippen LogP contribution < -0.4 is 20.9 Å². The third-order valence-corrected chi connectivity index (χ3v) is 10.5. The Kier molecular flexibility index (Phi) is 9.88. The van der Waals surface area contributed by atoms with Gasteiger partial charge in [-0.1, -0.05) is 59.6 Å². The van der Waals surface area contributed by atoms with E-state index in [0.29, 0.717) is 77.4 Å². The topological polar surface area (TPSA) is 171 Å². The fraction of sp³-hybridized carbons (Fsp3) is 0.385. The molecule has 0 amide bonds. The van der Waals surface area contributed by atoms with E-state index < -0.39 is 11.8 Å². The first kappa shape index (κ1) is 36.3. The maximum absolute atomic E-state index is 13.5. The SMILES string of the molecule is CC1(C)CC(=O)C2=C(C1)OC(N)=C(C#N)C2c1cc(Br)ccc1OCCCOc1ccc(Br)cc1C1C(C#N)=C(N)OC2=C1C(=O)CC(C)(C)C2. The average molecular weight is 819 g/mol. The Hall–Kier alpha value is -4.52. The minimum Gasteiger partial charge on any atom is -0.493 e. The number of halogens is 2. The smallest absolute Gasteiger partial charge is 0.205 e. The third kappa shape index (κ3) is 7.17. The highest BCUT2D eigenvalue weighted by molar-refractivity contribution is 9.10. The molecule has 2 aliphatic heterocycles. The highest BCUT2D eigenvalue weighted by Crippen LogP contribution is 2.51. The number of carbonyl (C=O) groups excluding carboxylic acids is 2. The Labute approximate surface area is 314 Å². The van der Waals surface area contributed by atoms with Gasteiger partial charge in [0, 0.05) is 63.3 Å². The van der Waals surface area contributed by atoms with Gasteiger partial charge in [0.25, 0.3) is 0 Å². The second-order valence-electron chi connectivity index (χ2n) is 14.8. The number of Topliss-reactive ketones (excluding diaryl/α,β-unsaturated/α-hetero) is 2. The first-order valence-corrected chi connectivity index (χ1v) is 18.2. The number of hydrogen-bond donors (Lipinski definition) is 2. The molecule has 2 unspecified atom stereocenters. The van der Waals surface area contributed by atoms with Crippen LogP contribution in [0.15, 0.2) is 90.9 Å². The molecule has 2 aliphatic carbocycles. The molecule has 51 heavy (non-hydrogen) atoms. The van der Waals surface area contributed by atoms with Crippen molar-refractivity contribution in [3.63, 3.8) is 0 Å². The molecule has 2 aromatic rings. The van der Waals surface area contributed by atoms with E-state index in [4.69, 9.17) is 30.4 Å². The van der Waals surface area contributed by atoms with Crippen LogP contribution in [0.1, 0.15) is 82.8 Å². The van der Waals surface area contributed by atoms with Crippen LogP contribution in [0.4, 0.5) is 0 Å². The van der Waals surface area contributed by atoms with Gasteiger partial charge in [-0.3, -0.25) is 9.59 Å². The predicted molar refractivity (Wildman–Crippen MR) is 195 cm³/mol. The van der Waals surface area contributed by atoms with E-state index in [1.807, 2.05) is 52.0 Å². The molecule has 0 saturated heterocycles. The van der Waals surface area contributed by atoms with E-state index >= 15 is 0 Å². The van der Waals surface area contributed by atoms with Gasteiger partial charge in [0.1, 0.15) is 46.3 Å². The summed E-state index contributed by atoms with van der Waals surface area (Å²) < 4.78 is 25.8. The number of ether oxygens (including phenoxy) is 4. The van der Waals surface area contributed by atoms with Crippen molar-refractivity contribution in [2.45, 2.75) is 71.6 Å². The number of carbonyl (C=O) groups is 2. The molecule has 0 radical (unpaired) electrons. The van der Waals surface area contributed by atoms with Crippen LogP contribution in [0.5, 0.6) is 11.5 Å². The maximum atomic E-state index is 13.5. The van der Waals surface area contributed by atoms with Gasteiger partial charge in [0.05, 0.1) is 25.0 Å². The zero-order valence-corrected chi connectivity index (χ0v) is 32.0. The van der Waals surface area contributed by atoms with E-state index in [9.17, 15) is 20.1 Å². The number of nitriles is 2. The summed E-state index contributed by atoms with van der Waals surface area (Å²) in [6, 6.07) is 15.3. The van der Waals surface area contributed by atoms with Gasteiger partial charge in [-0.15, -0.1) is 0 Å². The summed E-state index contributed by atoms with van der Waals surface area (Å²) in [5, 5.41) is 20.3. The number of allylic oxidation sites excluding steroid dienone is 6. The normalized spacial score (nSPS) is 22.4. The van der Waals surface area contributed by atoms with Gasteiger partial charge in [-0.25, -0.2) is 0 Å². The standard InChI is InChI=1S/C39H38Br2N4O6/c1-38(2)14-26(46)34-30(16-38)50-36(44)24(18-42)32(34)22-12-20(40)6-8-28(22)48-10-5-11-49-29-9-7-21(41)13-23(29)33-25(19-43)37(45)51-31-17-39(3,4)15-27(47)35(31)33/h6-9,12-13,32-33H,5,10-11,14-17,44-45H2,1-4H3. The van der Waals surface area contributed by atoms with Crippen molar-refractivity contribution >= 4 is 43.4 Å². The average Bonchev–Trinajstić information content (AvgIpc) is 3.03. The van der Waals surface area contributed by atoms with E-state index in [-0.39, 0.29) is 58.5 Å². The lowest BCUT2D eigenvalue weighted by Crippen LogP contribution is -2.33. The lowest BCUT2D eigenvalue weighted by Gasteiger charge is -2.37. The molecule has 0 fully saturated rings. The second-order valence-corrected chi connectivity index (χ2v) is 16.7. The van der Waals surface area contributed by atoms with Crippen LogP contribution in [-0.4, -0.2) is 24.8 Å². The monoisotopic (exact) mass is 816 g/mol. The minimum atomic E-state index is -0.738. The Balaban J connectivity index is 1.23. The molecule has 6 rings (SSSR count). The molecule has 0 aromatic heterocycles. The molecule has 0 spiro atoms. The summed E-state index contributed by atoms with van der Waals surface area (Å²) >= 11 is 7.09. The van der Waals surface area contributed by atoms with Crippen LogP contribution in [0, 0.1) is 33.5 Å². The maximum Gasteiger partial charge on any atom is 0.205 e. The van der Waals surface area contributed by atoms with Gasteiger partial charge < -0.3 is 30.4 Å². The van der Waals surface area contributed by atoms with Gasteiger partial charge in [-0.2, -0.15) is 10.5 Å². The first-order valence-electron chi connectivity index (χ1n) is 16.6. The van der Waals surface area contributed by atoms with E-state index in [1.165, 1.54) is 0 Å². The lowest BCUT2D eigenvalue weighted by molar-refractivity contribution is -0.119. The van der Waals surface area contributed by atoms with E-state index in [2.05, 4.69) is 44.0 Å². The largest absolute Gasteiger partial charge is 0.493 e. The Morgan fingerprint density at radius 1 is 0.725 bits per heavy atom. The van der Waals surface area contributed by atoms with E-state index in [0.717, 1.165) is 8.95 Å². The summed E-state index contributed by atoms with van der Waals surface area (Å²) in [6.07, 6.45) is 2.13. The molecule has 10 nitrogen and oxygen atoms in total. The Bertz CT molecular complexity index is 1920. The first-order chi connectivity index (χ1) is 24.1. The molecule has 2 heterocycles. The fourth-order valence-corrected chi connectivity index (χ4v) is 8.12. The molecule has 12 heteroatoms. The minimum absolute atomic E-state index is 0.0152. The molecule has 4 aliphatic rings. The number of nitrogens with two attached hydrogens (primary N) is 2. The Morgan fingerprint density at radius 2 is 1.12 bits per heavy atom. The van der Waals surface area contributed by atoms with Crippen molar-refractivity contribution in [2.24, 2.45) is 22.3 Å². The summed E-state index contributed by atoms with van der Waals surface area (Å²) in [5.74, 6) is 0.303. The number of ketones is 2. The van der Waals surface area contributed by atoms with Crippen molar-refractivity contribution in [3.8, 4) is 23.6 Å². The van der Waals surface area contributed by atoms with Crippen molar-refractivity contribution in [3.05, 3.63) is 102 Å². The van der Waals surface area contributed by atoms with Crippen molar-refractivity contribution in [1.82, 2.24) is 0 Å². The van der Waals surface area contributed by atoms with Crippen molar-refractivity contribution in [1.29, 1.82) is 10.5 Å². The number of hydrogen-bond acceptors (Lipinski definition) is 10. The van der Waals surface area contributed by atoms with Crippen LogP contribution >= 0.6 is 31.9 Å². The fourth-order valence-electron chi connectivity index (χ4n) is 7.37. The zero-order valence-electron chi connectivity index (χ0n) is 28.8. The highest BCUT2D eigenvalue weighted by Gasteiger charge is 2.45. The summed E-state index contributed by atoms with van der Waals surface area (Å²) in [6.45, 7) is 8.50. The molecule has 264 valence electrons. The number of benzene rings is 2. The molecule has 2 aromatic carbocycles. The van der Waals surface area contributed by atoms with Gasteiger partial charge in [0.15, 0.2) is 11.6 Å². The van der Waals surface area contributed by atoms with Crippen molar-refractivity contribution in [2.75, 3.05) is 13.2 Å². The van der Waals surface area contributed by atoms with E-state index in [1.54, 1.807) is 12.1 Å². The molecule has 0 saturated carbocycles. The lowest BCUT2D eigenvalue weighted by atomic mass is 9.70. The number of nitrogens with zero attached hydrogens (tertiary/aromatic N) is 2. The highest BCUT2D eigenvalue weighted by atomic mass is 79.9. The second kappa shape index (κ2) is 13.9. The van der Waals surface area contributed by atoms with Gasteiger partial charge in [-0.05, 0) is 47.2 Å². The quantitative estimate of drug-likeness (QED) is 0.249. The molecule has 2 atom stereocenters. The molecule has 0 bridgehead atoms. The summed E-state index contributed by atoms with van der Waals surface area (Å²) in [5.41, 5.74) is 14.4. The van der Waals surface area contributed by atoms with Crippen LogP contribution in [-0.2, 0) is 19.1 Å². The van der Waals surface area contributed by atoms with Crippen LogP contribution in [0.2, 0.25) is 0 Å². The summed E-state index contributed by atoms with van der Waals surface area (Å²) in [4.78, 5) is 27.1. The summed E-state index contributed by atoms with van der Waals surface area (Å²) in [7, 11) is 0. The Morgan fingerprint density at radius 3 is 1.49 bits per heavy atom. The third-order valence-electron chi connectivity index (χ3n) is 9.52. The van der Waals surface area contributed by atoms with Crippen LogP contribution in [0.3, 0.4) is 0 Å². The zero-order chi connectivity index (χ0) is 36.8. The molecule has 4 N–H and O–H groups in total.